The molecule has 5 heteroatoms. The second-order valence-corrected chi connectivity index (χ2v) is 5.47. The molecule has 3 aromatic rings. The fourth-order valence-corrected chi connectivity index (χ4v) is 2.84. The normalized spacial score (nSPS) is 10.8. The quantitative estimate of drug-likeness (QED) is 0.793. The third-order valence-electron chi connectivity index (χ3n) is 2.80. The van der Waals surface area contributed by atoms with Crippen molar-refractivity contribution >= 4 is 26.7 Å². The molecule has 96 valence electrons. The van der Waals surface area contributed by atoms with Gasteiger partial charge in [0.25, 0.3) is 0 Å². The summed E-state index contributed by atoms with van der Waals surface area (Å²) in [6, 6.07) is 8.21. The fraction of sp³-hybridized carbons (Fsp3) is 0.214. The smallest absolute Gasteiger partial charge is 0.184 e. The van der Waals surface area contributed by atoms with Gasteiger partial charge in [-0.05, 0) is 37.6 Å². The number of anilines is 1. The van der Waals surface area contributed by atoms with E-state index in [-0.39, 0.29) is 0 Å². The van der Waals surface area contributed by atoms with Crippen LogP contribution in [-0.2, 0) is 6.54 Å². The third-order valence-corrected chi connectivity index (χ3v) is 3.77. The van der Waals surface area contributed by atoms with Gasteiger partial charge >= 0.3 is 0 Å². The van der Waals surface area contributed by atoms with Crippen LogP contribution in [0.2, 0.25) is 0 Å². The Morgan fingerprint density at radius 1 is 1.16 bits per heavy atom. The number of aryl methyl sites for hydroxylation is 2. The summed E-state index contributed by atoms with van der Waals surface area (Å²) in [7, 11) is 0. The molecule has 0 saturated heterocycles. The van der Waals surface area contributed by atoms with Gasteiger partial charge in [-0.15, -0.1) is 0 Å². The van der Waals surface area contributed by atoms with Gasteiger partial charge in [-0.25, -0.2) is 15.0 Å². The lowest BCUT2D eigenvalue weighted by Gasteiger charge is -2.01. The van der Waals surface area contributed by atoms with Gasteiger partial charge < -0.3 is 5.32 Å². The van der Waals surface area contributed by atoms with Crippen LogP contribution in [0.15, 0.2) is 30.5 Å². The second kappa shape index (κ2) is 4.93. The molecule has 0 radical (unpaired) electrons. The fourth-order valence-electron chi connectivity index (χ4n) is 1.88. The first kappa shape index (κ1) is 12.0. The standard InChI is InChI=1S/C14H14N4S/c1-9-3-4-12-13(7-9)19-14(18-12)16-8-11-5-6-15-10(2)17-11/h3-7H,8H2,1-2H3,(H,16,18). The number of nitrogens with one attached hydrogen (secondary N) is 1. The van der Waals surface area contributed by atoms with E-state index in [0.29, 0.717) is 6.54 Å². The van der Waals surface area contributed by atoms with Crippen molar-refractivity contribution in [3.63, 3.8) is 0 Å². The molecule has 0 aliphatic heterocycles. The van der Waals surface area contributed by atoms with E-state index in [0.717, 1.165) is 22.2 Å². The van der Waals surface area contributed by atoms with Crippen LogP contribution in [0.25, 0.3) is 10.2 Å². The number of rotatable bonds is 3. The molecule has 0 bridgehead atoms. The van der Waals surface area contributed by atoms with Crippen molar-refractivity contribution in [2.75, 3.05) is 5.32 Å². The van der Waals surface area contributed by atoms with Gasteiger partial charge in [0.2, 0.25) is 0 Å². The van der Waals surface area contributed by atoms with E-state index in [4.69, 9.17) is 0 Å². The van der Waals surface area contributed by atoms with E-state index < -0.39 is 0 Å². The Bertz CT molecular complexity index is 720. The van der Waals surface area contributed by atoms with E-state index in [1.807, 2.05) is 13.0 Å². The highest BCUT2D eigenvalue weighted by molar-refractivity contribution is 7.22. The predicted molar refractivity (Wildman–Crippen MR) is 78.5 cm³/mol. The van der Waals surface area contributed by atoms with Gasteiger partial charge in [0, 0.05) is 6.20 Å². The van der Waals surface area contributed by atoms with Gasteiger partial charge in [-0.2, -0.15) is 0 Å². The van der Waals surface area contributed by atoms with E-state index >= 15 is 0 Å². The molecule has 1 N–H and O–H groups in total. The Kier molecular flexibility index (Phi) is 3.13. The minimum atomic E-state index is 0.669. The van der Waals surface area contributed by atoms with E-state index in [2.05, 4.69) is 45.4 Å². The maximum absolute atomic E-state index is 4.56. The average Bonchev–Trinajstić information content (AvgIpc) is 2.78. The van der Waals surface area contributed by atoms with Crippen LogP contribution < -0.4 is 5.32 Å². The largest absolute Gasteiger partial charge is 0.356 e. The molecule has 19 heavy (non-hydrogen) atoms. The zero-order valence-corrected chi connectivity index (χ0v) is 11.7. The summed E-state index contributed by atoms with van der Waals surface area (Å²) in [4.78, 5) is 13.0. The summed E-state index contributed by atoms with van der Waals surface area (Å²) in [5.74, 6) is 0.791. The molecule has 0 atom stereocenters. The first-order valence-electron chi connectivity index (χ1n) is 6.10. The number of thiazole rings is 1. The van der Waals surface area contributed by atoms with Gasteiger partial charge in [0.05, 0.1) is 22.5 Å². The summed E-state index contributed by atoms with van der Waals surface area (Å²) < 4.78 is 1.21. The zero-order chi connectivity index (χ0) is 13.2. The van der Waals surface area contributed by atoms with Crippen LogP contribution in [0.5, 0.6) is 0 Å². The monoisotopic (exact) mass is 270 g/mol. The second-order valence-electron chi connectivity index (χ2n) is 4.44. The summed E-state index contributed by atoms with van der Waals surface area (Å²) >= 11 is 1.67. The summed E-state index contributed by atoms with van der Waals surface area (Å²) in [5.41, 5.74) is 3.27. The molecular weight excluding hydrogens is 256 g/mol. The number of nitrogens with zero attached hydrogens (tertiary/aromatic N) is 3. The van der Waals surface area contributed by atoms with Crippen molar-refractivity contribution in [1.82, 2.24) is 15.0 Å². The minimum absolute atomic E-state index is 0.669. The first-order chi connectivity index (χ1) is 9.20. The van der Waals surface area contributed by atoms with Crippen LogP contribution >= 0.6 is 11.3 Å². The Balaban J connectivity index is 1.78. The molecule has 2 aromatic heterocycles. The molecule has 0 saturated carbocycles. The van der Waals surface area contributed by atoms with Gasteiger partial charge in [-0.3, -0.25) is 0 Å². The highest BCUT2D eigenvalue weighted by atomic mass is 32.1. The Morgan fingerprint density at radius 2 is 2.05 bits per heavy atom. The van der Waals surface area contributed by atoms with E-state index in [1.165, 1.54) is 10.3 Å². The number of benzene rings is 1. The van der Waals surface area contributed by atoms with Crippen molar-refractivity contribution < 1.29 is 0 Å². The zero-order valence-electron chi connectivity index (χ0n) is 10.8. The van der Waals surface area contributed by atoms with E-state index in [1.54, 1.807) is 17.5 Å². The number of hydrogen-bond acceptors (Lipinski definition) is 5. The molecule has 0 amide bonds. The SMILES string of the molecule is Cc1ccc2nc(NCc3ccnc(C)n3)sc2c1. The van der Waals surface area contributed by atoms with Crippen LogP contribution in [0, 0.1) is 13.8 Å². The number of hydrogen-bond donors (Lipinski definition) is 1. The summed E-state index contributed by atoms with van der Waals surface area (Å²) in [5, 5.41) is 4.24. The highest BCUT2D eigenvalue weighted by Gasteiger charge is 2.04. The highest BCUT2D eigenvalue weighted by Crippen LogP contribution is 2.26. The summed E-state index contributed by atoms with van der Waals surface area (Å²) in [6.45, 7) is 4.65. The van der Waals surface area contributed by atoms with Gasteiger partial charge in [0.1, 0.15) is 5.82 Å². The first-order valence-corrected chi connectivity index (χ1v) is 6.92. The van der Waals surface area contributed by atoms with Crippen molar-refractivity contribution in [2.45, 2.75) is 20.4 Å². The third kappa shape index (κ3) is 2.71. The van der Waals surface area contributed by atoms with Crippen molar-refractivity contribution in [1.29, 1.82) is 0 Å². The molecular formula is C14H14N4S. The molecule has 3 rings (SSSR count). The lowest BCUT2D eigenvalue weighted by Crippen LogP contribution is -2.02. The Labute approximate surface area is 115 Å². The van der Waals surface area contributed by atoms with Crippen molar-refractivity contribution in [3.05, 3.63) is 47.5 Å². The molecule has 2 heterocycles. The number of fused-ring (bicyclic) bond motifs is 1. The lowest BCUT2D eigenvalue weighted by molar-refractivity contribution is 0.954. The van der Waals surface area contributed by atoms with Gasteiger partial charge in [0.15, 0.2) is 5.13 Å². The van der Waals surface area contributed by atoms with Crippen LogP contribution in [0.3, 0.4) is 0 Å². The minimum Gasteiger partial charge on any atom is -0.356 e. The van der Waals surface area contributed by atoms with Crippen LogP contribution in [0.4, 0.5) is 5.13 Å². The molecule has 0 unspecified atom stereocenters. The molecule has 0 spiro atoms. The molecule has 1 aromatic carbocycles. The number of aromatic nitrogens is 3. The molecule has 0 aliphatic rings. The predicted octanol–water partition coefficient (Wildman–Crippen LogP) is 3.32. The van der Waals surface area contributed by atoms with Crippen LogP contribution in [-0.4, -0.2) is 15.0 Å². The summed E-state index contributed by atoms with van der Waals surface area (Å²) in [6.07, 6.45) is 1.78. The average molecular weight is 270 g/mol. The Hall–Kier alpha value is -2.01. The maximum Gasteiger partial charge on any atom is 0.184 e. The molecule has 0 aliphatic carbocycles. The van der Waals surface area contributed by atoms with Gasteiger partial charge in [-0.1, -0.05) is 17.4 Å². The lowest BCUT2D eigenvalue weighted by atomic mass is 10.2. The molecule has 4 nitrogen and oxygen atoms in total. The topological polar surface area (TPSA) is 50.7 Å². The van der Waals surface area contributed by atoms with Crippen molar-refractivity contribution in [3.8, 4) is 0 Å². The maximum atomic E-state index is 4.56. The Morgan fingerprint density at radius 3 is 2.89 bits per heavy atom. The molecule has 0 fully saturated rings. The van der Waals surface area contributed by atoms with E-state index in [9.17, 15) is 0 Å². The van der Waals surface area contributed by atoms with Crippen LogP contribution in [0.1, 0.15) is 17.1 Å². The van der Waals surface area contributed by atoms with Crippen molar-refractivity contribution in [2.24, 2.45) is 0 Å².